The van der Waals surface area contributed by atoms with Crippen LogP contribution >= 0.6 is 0 Å². The van der Waals surface area contributed by atoms with Gasteiger partial charge in [0, 0.05) is 12.5 Å². The van der Waals surface area contributed by atoms with E-state index in [2.05, 4.69) is 0 Å². The fourth-order valence-electron chi connectivity index (χ4n) is 2.46. The molecule has 0 fully saturated rings. The van der Waals surface area contributed by atoms with Gasteiger partial charge in [0.25, 0.3) is 5.78 Å². The molecule has 0 aliphatic heterocycles. The fourth-order valence-corrected chi connectivity index (χ4v) is 2.46. The zero-order valence-electron chi connectivity index (χ0n) is 14.4. The third-order valence-electron chi connectivity index (χ3n) is 3.81. The number of halogens is 3. The summed E-state index contributed by atoms with van der Waals surface area (Å²) in [6.45, 7) is 1.40. The molecule has 0 heterocycles. The van der Waals surface area contributed by atoms with E-state index >= 15 is 0 Å². The van der Waals surface area contributed by atoms with Crippen molar-refractivity contribution < 1.29 is 32.5 Å². The molecule has 0 bridgehead atoms. The number of hydrogen-bond acceptors (Lipinski definition) is 5. The Hall–Kier alpha value is -2.09. The molecule has 1 rings (SSSR count). The van der Waals surface area contributed by atoms with Crippen molar-refractivity contribution in [2.45, 2.75) is 32.4 Å². The summed E-state index contributed by atoms with van der Waals surface area (Å²) in [4.78, 5) is 11.2. The normalized spacial score (nSPS) is 12.6. The van der Waals surface area contributed by atoms with Gasteiger partial charge >= 0.3 is 6.18 Å². The molecule has 140 valence electrons. The molecule has 1 aromatic carbocycles. The number of carbonyl (C=O) groups is 1. The number of Topliss-reactive ketones (excluding diaryl/α,β-unsaturated/α-hetero) is 1. The first-order valence-electron chi connectivity index (χ1n) is 7.70. The lowest BCUT2D eigenvalue weighted by molar-refractivity contribution is -0.163. The minimum atomic E-state index is -5.05. The van der Waals surface area contributed by atoms with Gasteiger partial charge in [-0.2, -0.15) is 13.2 Å². The van der Waals surface area contributed by atoms with Crippen molar-refractivity contribution in [1.29, 1.82) is 5.41 Å². The van der Waals surface area contributed by atoms with Crippen LogP contribution in [0.4, 0.5) is 13.2 Å². The second-order valence-corrected chi connectivity index (χ2v) is 5.65. The summed E-state index contributed by atoms with van der Waals surface area (Å²) in [5.74, 6) is -2.11. The molecule has 0 aliphatic rings. The first-order valence-corrected chi connectivity index (χ1v) is 7.70. The molecule has 0 aromatic heterocycles. The molecule has 2 N–H and O–H groups in total. The van der Waals surface area contributed by atoms with Crippen LogP contribution in [0.25, 0.3) is 0 Å². The van der Waals surface area contributed by atoms with Crippen molar-refractivity contribution in [3.8, 4) is 11.5 Å². The maximum atomic E-state index is 12.5. The molecule has 0 radical (unpaired) electrons. The van der Waals surface area contributed by atoms with E-state index in [0.717, 1.165) is 5.56 Å². The van der Waals surface area contributed by atoms with E-state index in [1.54, 1.807) is 12.1 Å². The van der Waals surface area contributed by atoms with Gasteiger partial charge < -0.3 is 20.0 Å². The third-order valence-corrected chi connectivity index (χ3v) is 3.81. The zero-order chi connectivity index (χ0) is 19.2. The van der Waals surface area contributed by atoms with E-state index in [1.165, 1.54) is 21.1 Å². The summed E-state index contributed by atoms with van der Waals surface area (Å²) >= 11 is 0. The summed E-state index contributed by atoms with van der Waals surface area (Å²) in [6, 6.07) is 3.33. The van der Waals surface area contributed by atoms with Crippen LogP contribution in [-0.2, 0) is 17.6 Å². The number of aliphatic hydroxyl groups excluding tert-OH is 1. The van der Waals surface area contributed by atoms with Crippen molar-refractivity contribution in [2.24, 2.45) is 5.92 Å². The number of carbonyl (C=O) groups excluding carboxylic acids is 1. The highest BCUT2D eigenvalue weighted by Crippen LogP contribution is 2.32. The molecule has 0 aliphatic carbocycles. The molecule has 5 nitrogen and oxygen atoms in total. The fraction of sp³-hybridized carbons (Fsp3) is 0.529. The van der Waals surface area contributed by atoms with Gasteiger partial charge in [0.1, 0.15) is 11.5 Å². The quantitative estimate of drug-likeness (QED) is 0.663. The minimum absolute atomic E-state index is 0.0149. The highest BCUT2D eigenvalue weighted by Gasteiger charge is 2.42. The highest BCUT2D eigenvalue weighted by molar-refractivity contribution is 6.41. The maximum Gasteiger partial charge on any atom is 0.456 e. The third kappa shape index (κ3) is 5.45. The van der Waals surface area contributed by atoms with Gasteiger partial charge in [0.2, 0.25) is 0 Å². The van der Waals surface area contributed by atoms with Gasteiger partial charge in [0.15, 0.2) is 0 Å². The van der Waals surface area contributed by atoms with Crippen LogP contribution < -0.4 is 9.47 Å². The lowest BCUT2D eigenvalue weighted by Gasteiger charge is -2.18. The first-order chi connectivity index (χ1) is 11.6. The van der Waals surface area contributed by atoms with Crippen LogP contribution in [0.15, 0.2) is 12.1 Å². The predicted octanol–water partition coefficient (Wildman–Crippen LogP) is 2.96. The largest absolute Gasteiger partial charge is 0.496 e. The molecule has 8 heteroatoms. The molecular weight excluding hydrogens is 339 g/mol. The van der Waals surface area contributed by atoms with E-state index in [-0.39, 0.29) is 13.0 Å². The van der Waals surface area contributed by atoms with Gasteiger partial charge in [-0.3, -0.25) is 4.79 Å². The lowest BCUT2D eigenvalue weighted by Crippen LogP contribution is -2.34. The Morgan fingerprint density at radius 2 is 1.72 bits per heavy atom. The van der Waals surface area contributed by atoms with Crippen LogP contribution in [0, 0.1) is 11.3 Å². The molecule has 1 atom stereocenters. The summed E-state index contributed by atoms with van der Waals surface area (Å²) < 4.78 is 48.0. The van der Waals surface area contributed by atoms with Gasteiger partial charge in [-0.05, 0) is 42.5 Å². The first kappa shape index (κ1) is 21.0. The molecule has 1 unspecified atom stereocenters. The number of ether oxygens (including phenoxy) is 2. The number of alkyl halides is 3. The topological polar surface area (TPSA) is 79.6 Å². The van der Waals surface area contributed by atoms with Crippen molar-refractivity contribution in [2.75, 3.05) is 20.8 Å². The number of benzene rings is 1. The Morgan fingerprint density at radius 3 is 2.20 bits per heavy atom. The standard InChI is InChI=1S/C17H22F3NO4/c1-10(15(21)16(23)17(18,19)20)7-12-9-13(24-2)11(5-4-6-22)8-14(12)25-3/h8-10,21-22H,4-7H2,1-3H3. The van der Waals surface area contributed by atoms with E-state index in [1.807, 2.05) is 0 Å². The maximum absolute atomic E-state index is 12.5. The number of ketones is 1. The number of aliphatic hydroxyl groups is 1. The average Bonchev–Trinajstić information content (AvgIpc) is 2.57. The second kappa shape index (κ2) is 8.84. The molecule has 1 aromatic rings. The lowest BCUT2D eigenvalue weighted by atomic mass is 9.92. The van der Waals surface area contributed by atoms with E-state index < -0.39 is 23.6 Å². The van der Waals surface area contributed by atoms with E-state index in [4.69, 9.17) is 20.0 Å². The molecule has 0 spiro atoms. The van der Waals surface area contributed by atoms with Crippen molar-refractivity contribution in [1.82, 2.24) is 0 Å². The second-order valence-electron chi connectivity index (χ2n) is 5.65. The summed E-state index contributed by atoms with van der Waals surface area (Å²) in [7, 11) is 2.89. The van der Waals surface area contributed by atoms with Gasteiger partial charge in [-0.1, -0.05) is 6.92 Å². The Balaban J connectivity index is 3.08. The molecule has 0 saturated carbocycles. The van der Waals surface area contributed by atoms with Crippen LogP contribution in [0.1, 0.15) is 24.5 Å². The summed E-state index contributed by atoms with van der Waals surface area (Å²) in [5, 5.41) is 16.4. The predicted molar refractivity (Wildman–Crippen MR) is 86.6 cm³/mol. The number of hydrogen-bond donors (Lipinski definition) is 2. The minimum Gasteiger partial charge on any atom is -0.496 e. The van der Waals surface area contributed by atoms with Gasteiger partial charge in [-0.25, -0.2) is 0 Å². The van der Waals surface area contributed by atoms with Gasteiger partial charge in [0.05, 0.1) is 19.9 Å². The number of methoxy groups -OCH3 is 2. The van der Waals surface area contributed by atoms with Crippen molar-refractivity contribution in [3.05, 3.63) is 23.3 Å². The highest BCUT2D eigenvalue weighted by atomic mass is 19.4. The number of aryl methyl sites for hydroxylation is 1. The van der Waals surface area contributed by atoms with Crippen LogP contribution in [0.5, 0.6) is 11.5 Å². The Bertz CT molecular complexity index is 629. The SMILES string of the molecule is COc1cc(CC(C)C(=N)C(=O)C(F)(F)F)c(OC)cc1CCCO. The van der Waals surface area contributed by atoms with Crippen molar-refractivity contribution >= 4 is 11.5 Å². The Morgan fingerprint density at radius 1 is 1.20 bits per heavy atom. The van der Waals surface area contributed by atoms with Crippen LogP contribution in [0.3, 0.4) is 0 Å². The van der Waals surface area contributed by atoms with E-state index in [0.29, 0.717) is 29.9 Å². The smallest absolute Gasteiger partial charge is 0.456 e. The zero-order valence-corrected chi connectivity index (χ0v) is 14.4. The van der Waals surface area contributed by atoms with Gasteiger partial charge in [-0.15, -0.1) is 0 Å². The molecule has 0 amide bonds. The van der Waals surface area contributed by atoms with Crippen LogP contribution in [0.2, 0.25) is 0 Å². The monoisotopic (exact) mass is 361 g/mol. The molecular formula is C17H22F3NO4. The summed E-state index contributed by atoms with van der Waals surface area (Å²) in [5.41, 5.74) is 0.350. The molecule has 25 heavy (non-hydrogen) atoms. The number of nitrogens with one attached hydrogen (secondary N) is 1. The Kier molecular flexibility index (Phi) is 7.41. The number of rotatable bonds is 9. The average molecular weight is 361 g/mol. The van der Waals surface area contributed by atoms with E-state index in [9.17, 15) is 18.0 Å². The Labute approximate surface area is 144 Å². The molecule has 0 saturated heterocycles. The van der Waals surface area contributed by atoms with Crippen molar-refractivity contribution in [3.63, 3.8) is 0 Å². The summed E-state index contributed by atoms with van der Waals surface area (Å²) in [6.07, 6.45) is -3.95. The van der Waals surface area contributed by atoms with Crippen LogP contribution in [-0.4, -0.2) is 43.6 Å².